The van der Waals surface area contributed by atoms with E-state index in [0.717, 1.165) is 10.0 Å². The first-order valence-electron chi connectivity index (χ1n) is 9.14. The van der Waals surface area contributed by atoms with Crippen LogP contribution in [-0.4, -0.2) is 23.9 Å². The fraction of sp³-hybridized carbons (Fsp3) is 0.130. The molecule has 0 saturated carbocycles. The Morgan fingerprint density at radius 2 is 1.52 bits per heavy atom. The van der Waals surface area contributed by atoms with E-state index in [4.69, 9.17) is 4.74 Å². The number of benzene rings is 3. The van der Waals surface area contributed by atoms with Gasteiger partial charge in [-0.05, 0) is 29.3 Å². The molecule has 5 nitrogen and oxygen atoms in total. The first kappa shape index (κ1) is 19.2. The lowest BCUT2D eigenvalue weighted by Gasteiger charge is -2.28. The molecule has 4 rings (SSSR count). The van der Waals surface area contributed by atoms with E-state index in [1.165, 1.54) is 4.90 Å². The zero-order valence-corrected chi connectivity index (χ0v) is 17.3. The topological polar surface area (TPSA) is 58.6 Å². The van der Waals surface area contributed by atoms with Crippen LogP contribution in [0.4, 0.5) is 4.79 Å². The Kier molecular flexibility index (Phi) is 5.11. The number of amides is 3. The van der Waals surface area contributed by atoms with Crippen LogP contribution in [0, 0.1) is 0 Å². The summed E-state index contributed by atoms with van der Waals surface area (Å²) < 4.78 is 6.26. The minimum absolute atomic E-state index is 0.106. The number of carbonyl (C=O) groups excluding carboxylic acids is 2. The monoisotopic (exact) mass is 450 g/mol. The summed E-state index contributed by atoms with van der Waals surface area (Å²) in [6.45, 7) is 0.106. The van der Waals surface area contributed by atoms with Crippen LogP contribution in [0.3, 0.4) is 0 Å². The van der Waals surface area contributed by atoms with E-state index >= 15 is 0 Å². The van der Waals surface area contributed by atoms with Crippen LogP contribution in [-0.2, 0) is 16.9 Å². The molecule has 0 unspecified atom stereocenters. The van der Waals surface area contributed by atoms with Crippen molar-refractivity contribution in [2.24, 2.45) is 0 Å². The molecule has 1 aliphatic heterocycles. The van der Waals surface area contributed by atoms with E-state index in [1.807, 2.05) is 72.8 Å². The Bertz CT molecular complexity index is 1010. The Balaban J connectivity index is 1.80. The fourth-order valence-electron chi connectivity index (χ4n) is 3.69. The number of carbonyl (C=O) groups is 2. The van der Waals surface area contributed by atoms with Crippen LogP contribution in [0.1, 0.15) is 16.7 Å². The Morgan fingerprint density at radius 3 is 2.07 bits per heavy atom. The number of urea groups is 1. The molecule has 3 aromatic rings. The molecular weight excluding hydrogens is 432 g/mol. The molecule has 0 spiro atoms. The zero-order chi connectivity index (χ0) is 20.4. The summed E-state index contributed by atoms with van der Waals surface area (Å²) >= 11 is 3.44. The number of halogens is 1. The number of nitrogens with one attached hydrogen (secondary N) is 1. The van der Waals surface area contributed by atoms with Gasteiger partial charge in [0.25, 0.3) is 5.91 Å². The highest BCUT2D eigenvalue weighted by atomic mass is 79.9. The lowest BCUT2D eigenvalue weighted by molar-refractivity contribution is -0.130. The molecule has 1 N–H and O–H groups in total. The lowest BCUT2D eigenvalue weighted by Crippen LogP contribution is -2.45. The normalized spacial score (nSPS) is 15.3. The molecular formula is C23H19BrN2O3. The second-order valence-electron chi connectivity index (χ2n) is 6.76. The summed E-state index contributed by atoms with van der Waals surface area (Å²) in [6, 6.07) is 23.7. The van der Waals surface area contributed by atoms with Gasteiger partial charge < -0.3 is 10.1 Å². The molecule has 3 amide bonds. The van der Waals surface area contributed by atoms with Gasteiger partial charge in [-0.2, -0.15) is 0 Å². The third-order valence-corrected chi connectivity index (χ3v) is 5.58. The second-order valence-corrected chi connectivity index (χ2v) is 7.68. The maximum Gasteiger partial charge on any atom is 0.325 e. The summed E-state index contributed by atoms with van der Waals surface area (Å²) in [5, 5.41) is 2.96. The molecule has 0 bridgehead atoms. The van der Waals surface area contributed by atoms with Gasteiger partial charge in [0.1, 0.15) is 5.75 Å². The summed E-state index contributed by atoms with van der Waals surface area (Å²) in [7, 11) is 1.57. The number of ether oxygens (including phenoxy) is 1. The lowest BCUT2D eigenvalue weighted by atomic mass is 9.82. The Morgan fingerprint density at radius 1 is 0.931 bits per heavy atom. The van der Waals surface area contributed by atoms with Crippen LogP contribution in [0.5, 0.6) is 5.75 Å². The maximum atomic E-state index is 13.7. The van der Waals surface area contributed by atoms with Crippen molar-refractivity contribution >= 4 is 27.9 Å². The zero-order valence-electron chi connectivity index (χ0n) is 15.8. The molecule has 1 fully saturated rings. The van der Waals surface area contributed by atoms with E-state index in [-0.39, 0.29) is 12.5 Å². The van der Waals surface area contributed by atoms with Gasteiger partial charge in [-0.15, -0.1) is 0 Å². The number of nitrogens with zero attached hydrogens (tertiary/aromatic N) is 1. The molecule has 0 aliphatic carbocycles. The van der Waals surface area contributed by atoms with E-state index in [2.05, 4.69) is 21.2 Å². The van der Waals surface area contributed by atoms with Crippen molar-refractivity contribution in [3.63, 3.8) is 0 Å². The van der Waals surface area contributed by atoms with Gasteiger partial charge in [0.2, 0.25) is 0 Å². The standard InChI is InChI=1S/C23H19BrN2O3/c1-29-20-13-12-19(24)14-16(20)15-26-21(27)23(25-22(26)28,17-8-4-2-5-9-17)18-10-6-3-7-11-18/h2-14H,15H2,1H3,(H,25,28). The average Bonchev–Trinajstić information content (AvgIpc) is 3.01. The molecule has 6 heteroatoms. The Labute approximate surface area is 177 Å². The van der Waals surface area contributed by atoms with Gasteiger partial charge in [-0.1, -0.05) is 76.6 Å². The first-order chi connectivity index (χ1) is 14.1. The summed E-state index contributed by atoms with van der Waals surface area (Å²) in [4.78, 5) is 27.9. The van der Waals surface area contributed by atoms with Crippen molar-refractivity contribution in [3.05, 3.63) is 100 Å². The summed E-state index contributed by atoms with van der Waals surface area (Å²) in [5.74, 6) is 0.299. The van der Waals surface area contributed by atoms with E-state index in [9.17, 15) is 9.59 Å². The minimum Gasteiger partial charge on any atom is -0.496 e. The second kappa shape index (κ2) is 7.72. The van der Waals surface area contributed by atoms with Gasteiger partial charge in [-0.3, -0.25) is 9.69 Å². The number of hydrogen-bond donors (Lipinski definition) is 1. The van der Waals surface area contributed by atoms with Crippen molar-refractivity contribution in [1.29, 1.82) is 0 Å². The predicted molar refractivity (Wildman–Crippen MR) is 113 cm³/mol. The van der Waals surface area contributed by atoms with Crippen molar-refractivity contribution in [2.75, 3.05) is 7.11 Å². The van der Waals surface area contributed by atoms with Crippen molar-refractivity contribution in [1.82, 2.24) is 10.2 Å². The van der Waals surface area contributed by atoms with E-state index in [1.54, 1.807) is 13.2 Å². The molecule has 0 aromatic heterocycles. The third kappa shape index (κ3) is 3.29. The summed E-state index contributed by atoms with van der Waals surface area (Å²) in [6.07, 6.45) is 0. The Hall–Kier alpha value is -3.12. The maximum absolute atomic E-state index is 13.7. The van der Waals surface area contributed by atoms with Crippen molar-refractivity contribution in [3.8, 4) is 5.75 Å². The first-order valence-corrected chi connectivity index (χ1v) is 9.93. The van der Waals surface area contributed by atoms with Crippen LogP contribution < -0.4 is 10.1 Å². The van der Waals surface area contributed by atoms with Gasteiger partial charge in [-0.25, -0.2) is 4.79 Å². The van der Waals surface area contributed by atoms with E-state index < -0.39 is 11.6 Å². The SMILES string of the molecule is COc1ccc(Br)cc1CN1C(=O)NC(c2ccccc2)(c2ccccc2)C1=O. The number of hydrogen-bond acceptors (Lipinski definition) is 3. The van der Waals surface area contributed by atoms with Crippen LogP contribution in [0.25, 0.3) is 0 Å². The van der Waals surface area contributed by atoms with Gasteiger partial charge in [0.05, 0.1) is 13.7 Å². The molecule has 0 radical (unpaired) electrons. The molecule has 3 aromatic carbocycles. The number of imide groups is 1. The molecule has 1 aliphatic rings. The third-order valence-electron chi connectivity index (χ3n) is 5.09. The van der Waals surface area contributed by atoms with Gasteiger partial charge in [0.15, 0.2) is 5.54 Å². The highest BCUT2D eigenvalue weighted by Crippen LogP contribution is 2.37. The van der Waals surface area contributed by atoms with Crippen LogP contribution in [0.2, 0.25) is 0 Å². The minimum atomic E-state index is -1.27. The smallest absolute Gasteiger partial charge is 0.325 e. The largest absolute Gasteiger partial charge is 0.496 e. The quantitative estimate of drug-likeness (QED) is 0.584. The fourth-order valence-corrected chi connectivity index (χ4v) is 4.10. The molecule has 0 atom stereocenters. The molecule has 1 heterocycles. The molecule has 1 saturated heterocycles. The molecule has 146 valence electrons. The predicted octanol–water partition coefficient (Wildman–Crippen LogP) is 4.45. The number of methoxy groups -OCH3 is 1. The van der Waals surface area contributed by atoms with E-state index in [0.29, 0.717) is 16.9 Å². The van der Waals surface area contributed by atoms with Crippen LogP contribution >= 0.6 is 15.9 Å². The highest BCUT2D eigenvalue weighted by Gasteiger charge is 2.53. The van der Waals surface area contributed by atoms with Crippen molar-refractivity contribution in [2.45, 2.75) is 12.1 Å². The number of rotatable bonds is 5. The van der Waals surface area contributed by atoms with Crippen LogP contribution in [0.15, 0.2) is 83.3 Å². The van der Waals surface area contributed by atoms with Crippen molar-refractivity contribution < 1.29 is 14.3 Å². The van der Waals surface area contributed by atoms with Gasteiger partial charge >= 0.3 is 6.03 Å². The average molecular weight is 451 g/mol. The summed E-state index contributed by atoms with van der Waals surface area (Å²) in [5.41, 5.74) is 0.905. The molecule has 29 heavy (non-hydrogen) atoms. The highest BCUT2D eigenvalue weighted by molar-refractivity contribution is 9.10. The van der Waals surface area contributed by atoms with Gasteiger partial charge in [0, 0.05) is 10.0 Å².